The third-order valence-electron chi connectivity index (χ3n) is 3.22. The number of aromatic nitrogens is 4. The number of nitrogens with zero attached hydrogens (tertiary/aromatic N) is 3. The SMILES string of the molecule is Cc1ccc2[nH]ncc2c1-c1nc(Cl)nc(C(N)=O)c1N. The maximum atomic E-state index is 11.4. The third kappa shape index (κ3) is 2.07. The first-order valence-corrected chi connectivity index (χ1v) is 6.42. The van der Waals surface area contributed by atoms with E-state index in [1.54, 1.807) is 6.20 Å². The van der Waals surface area contributed by atoms with E-state index in [9.17, 15) is 4.79 Å². The lowest BCUT2D eigenvalue weighted by Crippen LogP contribution is -2.17. The second-order valence-electron chi connectivity index (χ2n) is 4.56. The zero-order valence-electron chi connectivity index (χ0n) is 11.0. The molecule has 0 aliphatic carbocycles. The Morgan fingerprint density at radius 1 is 1.33 bits per heavy atom. The number of benzene rings is 1. The summed E-state index contributed by atoms with van der Waals surface area (Å²) < 4.78 is 0. The summed E-state index contributed by atoms with van der Waals surface area (Å²) in [5.74, 6) is -0.755. The summed E-state index contributed by atoms with van der Waals surface area (Å²) in [5, 5.41) is 7.61. The Kier molecular flexibility index (Phi) is 2.99. The number of amides is 1. The van der Waals surface area contributed by atoms with Crippen molar-refractivity contribution < 1.29 is 4.79 Å². The number of nitrogen functional groups attached to an aromatic ring is 1. The Balaban J connectivity index is 2.40. The van der Waals surface area contributed by atoms with Crippen LogP contribution in [0.25, 0.3) is 22.2 Å². The predicted molar refractivity (Wildman–Crippen MR) is 79.8 cm³/mol. The fraction of sp³-hybridized carbons (Fsp3) is 0.0769. The molecule has 106 valence electrons. The van der Waals surface area contributed by atoms with Crippen molar-refractivity contribution in [1.82, 2.24) is 20.2 Å². The van der Waals surface area contributed by atoms with Crippen LogP contribution in [0.1, 0.15) is 16.1 Å². The molecule has 2 heterocycles. The number of aromatic amines is 1. The molecule has 0 unspecified atom stereocenters. The van der Waals surface area contributed by atoms with Crippen molar-refractivity contribution in [3.8, 4) is 11.3 Å². The minimum Gasteiger partial charge on any atom is -0.395 e. The van der Waals surface area contributed by atoms with Crippen molar-refractivity contribution in [2.45, 2.75) is 6.92 Å². The number of H-pyrrole nitrogens is 1. The van der Waals surface area contributed by atoms with Crippen molar-refractivity contribution in [1.29, 1.82) is 0 Å². The zero-order valence-corrected chi connectivity index (χ0v) is 11.8. The van der Waals surface area contributed by atoms with Gasteiger partial charge in [0.05, 0.1) is 23.1 Å². The lowest BCUT2D eigenvalue weighted by molar-refractivity contribution is 0.0996. The number of aryl methyl sites for hydroxylation is 1. The Bertz CT molecular complexity index is 872. The molecule has 1 aromatic carbocycles. The molecule has 0 radical (unpaired) electrons. The average Bonchev–Trinajstić information content (AvgIpc) is 2.89. The van der Waals surface area contributed by atoms with Crippen LogP contribution < -0.4 is 11.5 Å². The maximum Gasteiger partial charge on any atom is 0.269 e. The van der Waals surface area contributed by atoms with Gasteiger partial charge in [-0.2, -0.15) is 5.10 Å². The smallest absolute Gasteiger partial charge is 0.269 e. The van der Waals surface area contributed by atoms with Crippen molar-refractivity contribution in [2.24, 2.45) is 5.73 Å². The third-order valence-corrected chi connectivity index (χ3v) is 3.39. The summed E-state index contributed by atoms with van der Waals surface area (Å²) >= 11 is 5.88. The Hall–Kier alpha value is -2.67. The summed E-state index contributed by atoms with van der Waals surface area (Å²) in [4.78, 5) is 19.4. The van der Waals surface area contributed by atoms with E-state index in [2.05, 4.69) is 20.2 Å². The number of halogens is 1. The molecule has 0 atom stereocenters. The van der Waals surface area contributed by atoms with E-state index in [1.165, 1.54) is 0 Å². The van der Waals surface area contributed by atoms with Crippen LogP contribution in [0.4, 0.5) is 5.69 Å². The number of nitrogens with one attached hydrogen (secondary N) is 1. The van der Waals surface area contributed by atoms with Gasteiger partial charge in [0, 0.05) is 10.9 Å². The molecule has 8 heteroatoms. The number of nitrogens with two attached hydrogens (primary N) is 2. The molecule has 7 nitrogen and oxygen atoms in total. The summed E-state index contributed by atoms with van der Waals surface area (Å²) in [5.41, 5.74) is 14.1. The van der Waals surface area contributed by atoms with Crippen molar-refractivity contribution in [3.63, 3.8) is 0 Å². The zero-order chi connectivity index (χ0) is 15.1. The molecule has 5 N–H and O–H groups in total. The van der Waals surface area contributed by atoms with Crippen LogP contribution in [0.15, 0.2) is 18.3 Å². The Morgan fingerprint density at radius 3 is 2.81 bits per heavy atom. The van der Waals surface area contributed by atoms with Gasteiger partial charge in [0.25, 0.3) is 5.91 Å². The van der Waals surface area contributed by atoms with Gasteiger partial charge in [-0.15, -0.1) is 0 Å². The van der Waals surface area contributed by atoms with Gasteiger partial charge in [-0.1, -0.05) is 6.07 Å². The van der Waals surface area contributed by atoms with E-state index in [0.717, 1.165) is 22.0 Å². The highest BCUT2D eigenvalue weighted by Crippen LogP contribution is 2.34. The quantitative estimate of drug-likeness (QED) is 0.621. The van der Waals surface area contributed by atoms with E-state index in [-0.39, 0.29) is 16.7 Å². The standard InChI is InChI=1S/C13H11ClN6O/c1-5-2-3-7-6(4-17-20-7)8(5)10-9(15)11(12(16)21)19-13(14)18-10/h2-4H,15H2,1H3,(H2,16,21)(H,17,20). The van der Waals surface area contributed by atoms with Crippen LogP contribution in [0.3, 0.4) is 0 Å². The second kappa shape index (κ2) is 4.71. The van der Waals surface area contributed by atoms with Gasteiger partial charge in [0.2, 0.25) is 5.28 Å². The topological polar surface area (TPSA) is 124 Å². The van der Waals surface area contributed by atoms with Gasteiger partial charge in [-0.05, 0) is 30.2 Å². The molecule has 0 aliphatic heterocycles. The average molecular weight is 303 g/mol. The molecule has 2 aromatic heterocycles. The van der Waals surface area contributed by atoms with Gasteiger partial charge in [0.1, 0.15) is 0 Å². The number of rotatable bonds is 2. The van der Waals surface area contributed by atoms with E-state index in [4.69, 9.17) is 23.1 Å². The number of hydrogen-bond acceptors (Lipinski definition) is 5. The molecule has 1 amide bonds. The van der Waals surface area contributed by atoms with Gasteiger partial charge >= 0.3 is 0 Å². The van der Waals surface area contributed by atoms with Crippen molar-refractivity contribution >= 4 is 34.1 Å². The molecule has 3 rings (SSSR count). The first-order chi connectivity index (χ1) is 9.99. The molecule has 3 aromatic rings. The van der Waals surface area contributed by atoms with E-state index in [1.807, 2.05) is 19.1 Å². The van der Waals surface area contributed by atoms with E-state index in [0.29, 0.717) is 5.69 Å². The number of hydrogen-bond donors (Lipinski definition) is 3. The lowest BCUT2D eigenvalue weighted by Gasteiger charge is -2.11. The molecular weight excluding hydrogens is 292 g/mol. The Labute approximate surface area is 124 Å². The predicted octanol–water partition coefficient (Wildman–Crippen LogP) is 1.66. The van der Waals surface area contributed by atoms with Gasteiger partial charge in [-0.3, -0.25) is 9.89 Å². The summed E-state index contributed by atoms with van der Waals surface area (Å²) in [6.07, 6.45) is 1.66. The van der Waals surface area contributed by atoms with Crippen molar-refractivity contribution in [2.75, 3.05) is 5.73 Å². The van der Waals surface area contributed by atoms with Gasteiger partial charge in [0.15, 0.2) is 5.69 Å². The van der Waals surface area contributed by atoms with Gasteiger partial charge < -0.3 is 11.5 Å². The molecule has 0 bridgehead atoms. The molecular formula is C13H11ClN6O. The highest BCUT2D eigenvalue weighted by atomic mass is 35.5. The number of carbonyl (C=O) groups excluding carboxylic acids is 1. The summed E-state index contributed by atoms with van der Waals surface area (Å²) in [7, 11) is 0. The van der Waals surface area contributed by atoms with Crippen LogP contribution >= 0.6 is 11.6 Å². The Morgan fingerprint density at radius 2 is 2.10 bits per heavy atom. The number of primary amides is 1. The first kappa shape index (κ1) is 13.3. The lowest BCUT2D eigenvalue weighted by atomic mass is 9.99. The normalized spacial score (nSPS) is 11.0. The maximum absolute atomic E-state index is 11.4. The molecule has 0 saturated carbocycles. The van der Waals surface area contributed by atoms with Crippen molar-refractivity contribution in [3.05, 3.63) is 34.9 Å². The minimum absolute atomic E-state index is 0.0899. The first-order valence-electron chi connectivity index (χ1n) is 6.05. The molecule has 0 saturated heterocycles. The monoisotopic (exact) mass is 302 g/mol. The number of anilines is 1. The highest BCUT2D eigenvalue weighted by Gasteiger charge is 2.20. The van der Waals surface area contributed by atoms with Crippen LogP contribution in [0.5, 0.6) is 0 Å². The summed E-state index contributed by atoms with van der Waals surface area (Å²) in [6, 6.07) is 3.80. The number of fused-ring (bicyclic) bond motifs is 1. The fourth-order valence-electron chi connectivity index (χ4n) is 2.26. The van der Waals surface area contributed by atoms with E-state index >= 15 is 0 Å². The highest BCUT2D eigenvalue weighted by molar-refractivity contribution is 6.28. The molecule has 0 spiro atoms. The van der Waals surface area contributed by atoms with Crippen LogP contribution in [0, 0.1) is 6.92 Å². The molecule has 0 aliphatic rings. The molecule has 0 fully saturated rings. The fourth-order valence-corrected chi connectivity index (χ4v) is 2.43. The van der Waals surface area contributed by atoms with Crippen LogP contribution in [0.2, 0.25) is 5.28 Å². The van der Waals surface area contributed by atoms with Crippen LogP contribution in [-0.2, 0) is 0 Å². The summed E-state index contributed by atoms with van der Waals surface area (Å²) in [6.45, 7) is 1.90. The largest absolute Gasteiger partial charge is 0.395 e. The number of carbonyl (C=O) groups is 1. The van der Waals surface area contributed by atoms with Crippen LogP contribution in [-0.4, -0.2) is 26.1 Å². The second-order valence-corrected chi connectivity index (χ2v) is 4.89. The molecule has 21 heavy (non-hydrogen) atoms. The van der Waals surface area contributed by atoms with E-state index < -0.39 is 5.91 Å². The van der Waals surface area contributed by atoms with Gasteiger partial charge in [-0.25, -0.2) is 9.97 Å². The minimum atomic E-state index is -0.755.